The van der Waals surface area contributed by atoms with Gasteiger partial charge in [0.2, 0.25) is 33.9 Å². The summed E-state index contributed by atoms with van der Waals surface area (Å²) in [7, 11) is -0.0578. The van der Waals surface area contributed by atoms with Gasteiger partial charge in [-0.05, 0) is 42.7 Å². The van der Waals surface area contributed by atoms with Gasteiger partial charge in [-0.3, -0.25) is 33.0 Å². The largest absolute Gasteiger partial charge is 0.487 e. The maximum Gasteiger partial charge on any atom is 0.240 e. The normalized spacial score (nSPS) is 17.0. The van der Waals surface area contributed by atoms with E-state index in [0.29, 0.717) is 40.3 Å². The van der Waals surface area contributed by atoms with Crippen LogP contribution in [0.4, 0.5) is 0 Å². The molecule has 2 aliphatic rings. The minimum atomic E-state index is -1.60. The van der Waals surface area contributed by atoms with Crippen LogP contribution in [-0.4, -0.2) is 59.5 Å². The molecule has 4 amide bonds. The Morgan fingerprint density at radius 1 is 0.950 bits per heavy atom. The first-order chi connectivity index (χ1) is 19.1. The molecule has 1 aromatic heterocycles. The summed E-state index contributed by atoms with van der Waals surface area (Å²) >= 11 is 2.55. The molecule has 4 rings (SSSR count). The van der Waals surface area contributed by atoms with Gasteiger partial charge in [-0.15, -0.1) is 11.3 Å². The van der Waals surface area contributed by atoms with Crippen LogP contribution < -0.4 is 4.74 Å². The van der Waals surface area contributed by atoms with E-state index in [1.54, 1.807) is 37.4 Å². The summed E-state index contributed by atoms with van der Waals surface area (Å²) in [5, 5.41) is -0.0805. The molecule has 0 saturated carbocycles. The lowest BCUT2D eigenvalue weighted by Gasteiger charge is -2.18. The molecule has 2 fully saturated rings. The van der Waals surface area contributed by atoms with Crippen molar-refractivity contribution < 1.29 is 37.7 Å². The molecule has 212 valence electrons. The third kappa shape index (κ3) is 7.68. The van der Waals surface area contributed by atoms with Crippen LogP contribution in [-0.2, 0) is 52.4 Å². The molecule has 2 atom stereocenters. The first-order valence-corrected chi connectivity index (χ1v) is 16.1. The fourth-order valence-corrected chi connectivity index (χ4v) is 8.04. The summed E-state index contributed by atoms with van der Waals surface area (Å²) in [5.74, 6) is -2.35. The Balaban J connectivity index is 1.41. The van der Waals surface area contributed by atoms with Gasteiger partial charge in [0.1, 0.15) is 0 Å². The summed E-state index contributed by atoms with van der Waals surface area (Å²) in [6, 6.07) is 10.5. The monoisotopic (exact) mass is 622 g/mol. The molecule has 0 aliphatic carbocycles. The van der Waals surface area contributed by atoms with E-state index >= 15 is 0 Å². The summed E-state index contributed by atoms with van der Waals surface area (Å²) in [6.07, 6.45) is 1.01. The van der Waals surface area contributed by atoms with Gasteiger partial charge in [0.05, 0.1) is 17.9 Å². The number of carbonyl (C=O) groups is 6. The van der Waals surface area contributed by atoms with Crippen LogP contribution in [0.5, 0.6) is 5.06 Å². The van der Waals surface area contributed by atoms with Crippen molar-refractivity contribution in [3.05, 3.63) is 46.8 Å². The average Bonchev–Trinajstić information content (AvgIpc) is 3.63. The highest BCUT2D eigenvalue weighted by atomic mass is 32.2. The maximum atomic E-state index is 13.4. The molecule has 10 nitrogen and oxygen atoms in total. The summed E-state index contributed by atoms with van der Waals surface area (Å²) < 4.78 is 20.4. The van der Waals surface area contributed by atoms with Crippen LogP contribution in [0.15, 0.2) is 41.3 Å². The SMILES string of the molecule is COc1ccc(CC(CS(=O)c2cccc(CCC(=O)SN3C(=O)CCC3=O)c2)C(=O)SN2C(=O)CCC2=O)s1. The van der Waals surface area contributed by atoms with Crippen LogP contribution in [0.25, 0.3) is 0 Å². The number of imide groups is 2. The van der Waals surface area contributed by atoms with Gasteiger partial charge in [0.15, 0.2) is 5.06 Å². The zero-order valence-corrected chi connectivity index (χ0v) is 24.8. The molecule has 0 spiro atoms. The van der Waals surface area contributed by atoms with Crippen molar-refractivity contribution in [3.8, 4) is 5.06 Å². The van der Waals surface area contributed by atoms with E-state index in [9.17, 15) is 33.0 Å². The van der Waals surface area contributed by atoms with E-state index in [1.807, 2.05) is 6.07 Å². The number of thiophene rings is 1. The Hall–Kier alpha value is -2.81. The molecule has 14 heteroatoms. The third-order valence-electron chi connectivity index (χ3n) is 6.14. The van der Waals surface area contributed by atoms with Gasteiger partial charge >= 0.3 is 0 Å². The molecule has 2 aromatic rings. The van der Waals surface area contributed by atoms with E-state index in [1.165, 1.54) is 11.3 Å². The van der Waals surface area contributed by atoms with Gasteiger partial charge in [0, 0.05) is 77.4 Å². The second kappa shape index (κ2) is 13.7. The topological polar surface area (TPSA) is 135 Å². The number of nitrogens with zero attached hydrogens (tertiary/aromatic N) is 2. The number of amides is 4. The number of methoxy groups -OCH3 is 1. The second-order valence-corrected chi connectivity index (χ2v) is 13.6. The lowest BCUT2D eigenvalue weighted by molar-refractivity contribution is -0.133. The number of carbonyl (C=O) groups excluding carboxylic acids is 6. The first kappa shape index (κ1) is 30.2. The number of rotatable bonds is 12. The van der Waals surface area contributed by atoms with Crippen molar-refractivity contribution in [2.75, 3.05) is 12.9 Å². The number of ether oxygens (including phenoxy) is 1. The predicted octanol–water partition coefficient (Wildman–Crippen LogP) is 3.30. The second-order valence-electron chi connectivity index (χ2n) is 9.02. The van der Waals surface area contributed by atoms with Crippen molar-refractivity contribution in [2.24, 2.45) is 5.92 Å². The summed E-state index contributed by atoms with van der Waals surface area (Å²) in [6.45, 7) is 0. The van der Waals surface area contributed by atoms with Crippen molar-refractivity contribution in [2.45, 2.75) is 49.8 Å². The smallest absolute Gasteiger partial charge is 0.240 e. The Bertz CT molecular complexity index is 1340. The van der Waals surface area contributed by atoms with E-state index in [2.05, 4.69) is 0 Å². The average molecular weight is 623 g/mol. The quantitative estimate of drug-likeness (QED) is 0.256. The number of aryl methyl sites for hydroxylation is 1. The zero-order valence-electron chi connectivity index (χ0n) is 21.5. The lowest BCUT2D eigenvalue weighted by Crippen LogP contribution is -2.28. The molecule has 3 heterocycles. The fourth-order valence-electron chi connectivity index (χ4n) is 4.03. The molecular formula is C26H26N2O8S4. The van der Waals surface area contributed by atoms with Crippen molar-refractivity contribution >= 4 is 79.9 Å². The Kier molecular flexibility index (Phi) is 10.3. The third-order valence-corrected chi connectivity index (χ3v) is 10.8. The van der Waals surface area contributed by atoms with Gasteiger partial charge < -0.3 is 4.74 Å². The van der Waals surface area contributed by atoms with Crippen LogP contribution >= 0.6 is 35.2 Å². The molecule has 0 radical (unpaired) electrons. The Morgan fingerprint density at radius 3 is 2.17 bits per heavy atom. The Labute approximate surface area is 245 Å². The van der Waals surface area contributed by atoms with Gasteiger partial charge in [0.25, 0.3) is 0 Å². The highest BCUT2D eigenvalue weighted by molar-refractivity contribution is 8.12. The standard InChI is InChI=1S/C26H26N2O8S4/c1-36-25-12-6-18(37-25)14-17(26(34)39-28-22(31)9-10-23(28)32)15-40(35)19-4-2-3-16(13-19)5-11-24(33)38-27-20(29)7-8-21(27)30/h2-4,6,12-13,17H,5,7-11,14-15H2,1H3. The number of benzene rings is 1. The fraction of sp³-hybridized carbons (Fsp3) is 0.385. The maximum absolute atomic E-state index is 13.4. The summed E-state index contributed by atoms with van der Waals surface area (Å²) in [5.41, 5.74) is 0.743. The van der Waals surface area contributed by atoms with E-state index in [4.69, 9.17) is 4.74 Å². The zero-order chi connectivity index (χ0) is 28.8. The van der Waals surface area contributed by atoms with Crippen LogP contribution in [0.3, 0.4) is 0 Å². The minimum Gasteiger partial charge on any atom is -0.487 e. The lowest BCUT2D eigenvalue weighted by atomic mass is 10.1. The van der Waals surface area contributed by atoms with Crippen LogP contribution in [0, 0.1) is 5.92 Å². The number of hydrogen-bond acceptors (Lipinski definition) is 11. The molecule has 0 N–H and O–H groups in total. The molecule has 0 bridgehead atoms. The van der Waals surface area contributed by atoms with Gasteiger partial charge in [-0.2, -0.15) is 0 Å². The molecule has 1 aromatic carbocycles. The van der Waals surface area contributed by atoms with Crippen molar-refractivity contribution in [3.63, 3.8) is 0 Å². The molecular weight excluding hydrogens is 597 g/mol. The predicted molar refractivity (Wildman–Crippen MR) is 151 cm³/mol. The minimum absolute atomic E-state index is 0.0281. The van der Waals surface area contributed by atoms with E-state index in [0.717, 1.165) is 19.1 Å². The van der Waals surface area contributed by atoms with Gasteiger partial charge in [-0.25, -0.2) is 8.61 Å². The summed E-state index contributed by atoms with van der Waals surface area (Å²) in [4.78, 5) is 74.5. The van der Waals surface area contributed by atoms with Gasteiger partial charge in [-0.1, -0.05) is 12.1 Å². The molecule has 2 unspecified atom stereocenters. The molecule has 2 saturated heterocycles. The first-order valence-electron chi connectivity index (χ1n) is 12.4. The number of hydrogen-bond donors (Lipinski definition) is 0. The van der Waals surface area contributed by atoms with Crippen molar-refractivity contribution in [1.29, 1.82) is 0 Å². The van der Waals surface area contributed by atoms with Crippen molar-refractivity contribution in [1.82, 2.24) is 8.61 Å². The Morgan fingerprint density at radius 2 is 1.57 bits per heavy atom. The van der Waals surface area contributed by atoms with Crippen LogP contribution in [0.1, 0.15) is 42.5 Å². The highest BCUT2D eigenvalue weighted by Crippen LogP contribution is 2.31. The molecule has 40 heavy (non-hydrogen) atoms. The molecule has 2 aliphatic heterocycles. The highest BCUT2D eigenvalue weighted by Gasteiger charge is 2.35. The van der Waals surface area contributed by atoms with E-state index in [-0.39, 0.29) is 61.2 Å². The van der Waals surface area contributed by atoms with Crippen LogP contribution in [0.2, 0.25) is 0 Å². The van der Waals surface area contributed by atoms with E-state index < -0.39 is 33.6 Å².